The Hall–Kier alpha value is -1.23. The van der Waals surface area contributed by atoms with Crippen LogP contribution in [0.25, 0.3) is 0 Å². The number of alkyl halides is 17. The summed E-state index contributed by atoms with van der Waals surface area (Å²) in [4.78, 5) is 0. The average molecular weight is 520 g/mol. The molecular weight excluding hydrogens is 507 g/mol. The summed E-state index contributed by atoms with van der Waals surface area (Å²) in [6.07, 6.45) is -21.4. The molecule has 0 rings (SSSR count). The zero-order chi connectivity index (χ0) is 26.2. The number of rotatable bonds is 12. The molecule has 0 atom stereocenters. The van der Waals surface area contributed by atoms with Crippen molar-refractivity contribution in [2.24, 2.45) is 0 Å². The first-order chi connectivity index (χ1) is 13.7. The Kier molecular flexibility index (Phi) is 8.51. The van der Waals surface area contributed by atoms with Gasteiger partial charge in [0, 0.05) is 38.7 Å². The number of hydrogen-bond donors (Lipinski definition) is 1. The highest BCUT2D eigenvalue weighted by molar-refractivity contribution is 5.01. The fourth-order valence-corrected chi connectivity index (χ4v) is 2.06. The Bertz CT molecular complexity index is 621. The van der Waals surface area contributed by atoms with Gasteiger partial charge < -0.3 is 5.11 Å². The lowest BCUT2D eigenvalue weighted by atomic mass is 9.93. The Morgan fingerprint density at radius 3 is 0.844 bits per heavy atom. The lowest BCUT2D eigenvalue weighted by Crippen LogP contribution is -2.61. The minimum Gasteiger partial charge on any atom is -0.396 e. The van der Waals surface area contributed by atoms with Crippen molar-refractivity contribution < 1.29 is 79.7 Å². The average Bonchev–Trinajstić information content (AvgIpc) is 2.57. The van der Waals surface area contributed by atoms with Crippen molar-refractivity contribution in [1.29, 1.82) is 0 Å². The zero-order valence-corrected chi connectivity index (χ0v) is 15.1. The van der Waals surface area contributed by atoms with Gasteiger partial charge in [0.05, 0.1) is 0 Å². The lowest BCUT2D eigenvalue weighted by Gasteiger charge is -2.35. The largest absolute Gasteiger partial charge is 0.460 e. The van der Waals surface area contributed by atoms with E-state index in [2.05, 4.69) is 0 Å². The summed E-state index contributed by atoms with van der Waals surface area (Å²) in [5, 5.41) is 8.20. The predicted molar refractivity (Wildman–Crippen MR) is 70.9 cm³/mol. The van der Waals surface area contributed by atoms with Gasteiger partial charge in [-0.3, -0.25) is 0 Å². The van der Waals surface area contributed by atoms with Crippen molar-refractivity contribution in [3.63, 3.8) is 0 Å². The third-order valence-corrected chi connectivity index (χ3v) is 4.21. The number of hydrogen-bond acceptors (Lipinski definition) is 1. The van der Waals surface area contributed by atoms with Gasteiger partial charge in [0.15, 0.2) is 0 Å². The quantitative estimate of drug-likeness (QED) is 0.277. The van der Waals surface area contributed by atoms with Crippen LogP contribution in [0.4, 0.5) is 74.6 Å². The molecule has 18 heteroatoms. The van der Waals surface area contributed by atoms with Gasteiger partial charge in [0.2, 0.25) is 0 Å². The SMILES string of the molecule is OCCC(F)(F)C(F)(F)CCC(F)(F)C(F)(F)CCC(F)(F)C(F)(F)C(F)(F)C(F)(F)F. The van der Waals surface area contributed by atoms with Gasteiger partial charge in [-0.2, -0.15) is 74.6 Å². The second-order valence-electron chi connectivity index (χ2n) is 6.64. The molecule has 0 saturated carbocycles. The lowest BCUT2D eigenvalue weighted by molar-refractivity contribution is -0.398. The maximum Gasteiger partial charge on any atom is 0.460 e. The summed E-state index contributed by atoms with van der Waals surface area (Å²) in [5.41, 5.74) is 0. The predicted octanol–water partition coefficient (Wildman–Crippen LogP) is 6.94. The Morgan fingerprint density at radius 1 is 0.344 bits per heavy atom. The molecule has 0 aliphatic heterocycles. The minimum atomic E-state index is -7.47. The number of halogens is 17. The van der Waals surface area contributed by atoms with E-state index in [1.807, 2.05) is 0 Å². The molecule has 0 unspecified atom stereocenters. The van der Waals surface area contributed by atoms with Crippen molar-refractivity contribution in [1.82, 2.24) is 0 Å². The van der Waals surface area contributed by atoms with Crippen LogP contribution in [-0.4, -0.2) is 59.3 Å². The molecule has 0 fully saturated rings. The fourth-order valence-electron chi connectivity index (χ4n) is 2.06. The second kappa shape index (κ2) is 8.85. The molecule has 32 heavy (non-hydrogen) atoms. The van der Waals surface area contributed by atoms with Crippen LogP contribution >= 0.6 is 0 Å². The van der Waals surface area contributed by atoms with Crippen LogP contribution in [0.1, 0.15) is 32.1 Å². The molecule has 0 saturated heterocycles. The summed E-state index contributed by atoms with van der Waals surface area (Å²) < 4.78 is 220. The van der Waals surface area contributed by atoms with Gasteiger partial charge in [-0.1, -0.05) is 0 Å². The third kappa shape index (κ3) is 5.81. The van der Waals surface area contributed by atoms with Crippen molar-refractivity contribution in [3.8, 4) is 0 Å². The maximum absolute atomic E-state index is 13.5. The van der Waals surface area contributed by atoms with E-state index < -0.39 is 86.3 Å². The Morgan fingerprint density at radius 2 is 0.594 bits per heavy atom. The van der Waals surface area contributed by atoms with Crippen molar-refractivity contribution in [2.45, 2.75) is 79.7 Å². The van der Waals surface area contributed by atoms with E-state index in [9.17, 15) is 74.6 Å². The smallest absolute Gasteiger partial charge is 0.396 e. The van der Waals surface area contributed by atoms with E-state index in [-0.39, 0.29) is 0 Å². The molecule has 0 aliphatic rings. The molecule has 1 nitrogen and oxygen atoms in total. The number of aliphatic hydroxyl groups excluding tert-OH is 1. The summed E-state index contributed by atoms with van der Waals surface area (Å²) >= 11 is 0. The molecule has 194 valence electrons. The maximum atomic E-state index is 13.5. The highest BCUT2D eigenvalue weighted by atomic mass is 19.4. The minimum absolute atomic E-state index is 1.58. The monoisotopic (exact) mass is 520 g/mol. The third-order valence-electron chi connectivity index (χ3n) is 4.21. The van der Waals surface area contributed by atoms with Gasteiger partial charge in [0.25, 0.3) is 0 Å². The van der Waals surface area contributed by atoms with Crippen LogP contribution in [0.3, 0.4) is 0 Å². The molecule has 0 aliphatic carbocycles. The van der Waals surface area contributed by atoms with Crippen LogP contribution in [0.5, 0.6) is 0 Å². The van der Waals surface area contributed by atoms with Crippen LogP contribution in [-0.2, 0) is 0 Å². The topological polar surface area (TPSA) is 20.2 Å². The second-order valence-corrected chi connectivity index (χ2v) is 6.64. The van der Waals surface area contributed by atoms with Crippen molar-refractivity contribution in [3.05, 3.63) is 0 Å². The van der Waals surface area contributed by atoms with Crippen molar-refractivity contribution in [2.75, 3.05) is 6.61 Å². The van der Waals surface area contributed by atoms with E-state index in [1.165, 1.54) is 0 Å². The molecule has 0 spiro atoms. The van der Waals surface area contributed by atoms with Crippen LogP contribution in [0, 0.1) is 0 Å². The van der Waals surface area contributed by atoms with E-state index in [0.29, 0.717) is 0 Å². The first-order valence-electron chi connectivity index (χ1n) is 8.05. The summed E-state index contributed by atoms with van der Waals surface area (Å²) in [7, 11) is 0. The van der Waals surface area contributed by atoms with Gasteiger partial charge in [-0.15, -0.1) is 0 Å². The molecular formula is C14H13F17O. The molecule has 0 aromatic heterocycles. The highest BCUT2D eigenvalue weighted by Gasteiger charge is 2.81. The van der Waals surface area contributed by atoms with Gasteiger partial charge in [0.1, 0.15) is 0 Å². The molecule has 0 bridgehead atoms. The van der Waals surface area contributed by atoms with E-state index in [1.54, 1.807) is 0 Å². The summed E-state index contributed by atoms with van der Waals surface area (Å²) in [5.74, 6) is -43.9. The van der Waals surface area contributed by atoms with E-state index in [4.69, 9.17) is 5.11 Å². The Balaban J connectivity index is 5.52. The molecule has 1 N–H and O–H groups in total. The Labute approximate surface area is 167 Å². The molecule has 0 aromatic rings. The van der Waals surface area contributed by atoms with E-state index >= 15 is 0 Å². The first kappa shape index (κ1) is 30.8. The van der Waals surface area contributed by atoms with Crippen molar-refractivity contribution >= 4 is 0 Å². The first-order valence-corrected chi connectivity index (χ1v) is 8.05. The highest BCUT2D eigenvalue weighted by Crippen LogP contribution is 2.55. The zero-order valence-electron chi connectivity index (χ0n) is 15.1. The van der Waals surface area contributed by atoms with Gasteiger partial charge in [-0.05, 0) is 0 Å². The number of aliphatic hydroxyl groups is 1. The van der Waals surface area contributed by atoms with Crippen LogP contribution in [0.2, 0.25) is 0 Å². The molecule has 0 heterocycles. The van der Waals surface area contributed by atoms with Gasteiger partial charge >= 0.3 is 47.6 Å². The molecule has 0 radical (unpaired) electrons. The van der Waals surface area contributed by atoms with E-state index in [0.717, 1.165) is 0 Å². The summed E-state index contributed by atoms with van der Waals surface area (Å²) in [6.45, 7) is -1.58. The molecule has 0 amide bonds. The normalized spacial score (nSPS) is 15.9. The van der Waals surface area contributed by atoms with Gasteiger partial charge in [-0.25, -0.2) is 0 Å². The van der Waals surface area contributed by atoms with Crippen LogP contribution in [0.15, 0.2) is 0 Å². The van der Waals surface area contributed by atoms with Crippen LogP contribution < -0.4 is 0 Å². The fraction of sp³-hybridized carbons (Fsp3) is 1.00. The summed E-state index contributed by atoms with van der Waals surface area (Å²) in [6, 6.07) is 0. The molecule has 0 aromatic carbocycles. The standard InChI is InChI=1S/C14H13F17O/c15-7(16,1-2-9(19,20)10(21,22)5-6-32)8(17,18)3-4-11(23,24)12(25,26)13(27,28)14(29,30)31/h32H,1-6H2.